The van der Waals surface area contributed by atoms with Crippen LogP contribution in [0.15, 0.2) is 91.5 Å². The number of rotatable bonds is 7. The number of anilines is 1. The van der Waals surface area contributed by atoms with Crippen molar-refractivity contribution in [2.75, 3.05) is 4.90 Å². The summed E-state index contributed by atoms with van der Waals surface area (Å²) in [5.41, 5.74) is 3.94. The maximum absolute atomic E-state index is 6.49. The van der Waals surface area contributed by atoms with E-state index in [0.717, 1.165) is 33.5 Å². The molecule has 0 fully saturated rings. The van der Waals surface area contributed by atoms with Gasteiger partial charge in [-0.25, -0.2) is 15.0 Å². The molecular weight excluding hydrogens is 453 g/mol. The summed E-state index contributed by atoms with van der Waals surface area (Å²) in [7, 11) is 0. The van der Waals surface area contributed by atoms with Gasteiger partial charge in [-0.1, -0.05) is 89.9 Å². The maximum Gasteiger partial charge on any atom is 0.165 e. The normalized spacial score (nSPS) is 11.1. The van der Waals surface area contributed by atoms with E-state index < -0.39 is 0 Å². The van der Waals surface area contributed by atoms with Gasteiger partial charge < -0.3 is 9.47 Å². The van der Waals surface area contributed by atoms with Crippen LogP contribution in [0.2, 0.25) is 10.0 Å². The summed E-state index contributed by atoms with van der Waals surface area (Å²) in [5, 5.41) is 1.44. The molecule has 2 aliphatic rings. The maximum atomic E-state index is 6.49. The fourth-order valence-corrected chi connectivity index (χ4v) is 4.26. The Morgan fingerprint density at radius 1 is 0.697 bits per heavy atom. The average Bonchev–Trinajstić information content (AvgIpc) is 3.33. The van der Waals surface area contributed by atoms with Crippen molar-refractivity contribution in [2.45, 2.75) is 19.6 Å². The molecule has 2 heterocycles. The Labute approximate surface area is 202 Å². The topological polar surface area (TPSA) is 46.8 Å². The lowest BCUT2D eigenvalue weighted by atomic mass is 10.1. The van der Waals surface area contributed by atoms with E-state index >= 15 is 0 Å². The van der Waals surface area contributed by atoms with Crippen LogP contribution in [-0.2, 0) is 19.6 Å². The summed E-state index contributed by atoms with van der Waals surface area (Å²) in [6.45, 7) is 1.82. The van der Waals surface area contributed by atoms with Gasteiger partial charge in [0.05, 0.1) is 12.9 Å². The summed E-state index contributed by atoms with van der Waals surface area (Å²) in [6, 6.07) is 26.0. The quantitative estimate of drug-likeness (QED) is 0.276. The lowest BCUT2D eigenvalue weighted by Crippen LogP contribution is -2.25. The van der Waals surface area contributed by atoms with E-state index in [1.54, 1.807) is 12.7 Å². The van der Waals surface area contributed by atoms with Crippen molar-refractivity contribution >= 4 is 29.0 Å². The number of imidazole rings is 1. The highest BCUT2D eigenvalue weighted by molar-refractivity contribution is 6.31. The summed E-state index contributed by atoms with van der Waals surface area (Å²) in [5.74, 6) is 1.53. The first-order valence-corrected chi connectivity index (χ1v) is 11.4. The van der Waals surface area contributed by atoms with Crippen LogP contribution in [0.1, 0.15) is 16.7 Å². The van der Waals surface area contributed by atoms with E-state index in [0.29, 0.717) is 24.7 Å². The number of fused-ring (bicyclic) bond motifs is 1. The molecule has 164 valence electrons. The molecule has 0 bridgehead atoms. The first-order chi connectivity index (χ1) is 16.2. The fraction of sp³-hybridized carbons (Fsp3) is 0.115. The van der Waals surface area contributed by atoms with Crippen LogP contribution in [0.3, 0.4) is 0 Å². The molecular formula is C26H21Cl2N5. The molecule has 0 amide bonds. The standard InChI is InChI=1S/C26H21Cl2N5/c27-22-12-6-4-10-20(22)15-32(14-19-8-2-1-3-9-19)26-24-25(30-17-29-24)33(18-31-26)16-21-11-5-7-13-23(21)28/h1-13,17-18H,14-16H2. The Hall–Kier alpha value is -3.41. The van der Waals surface area contributed by atoms with Crippen LogP contribution in [0.25, 0.3) is 11.5 Å². The van der Waals surface area contributed by atoms with E-state index in [-0.39, 0.29) is 0 Å². The van der Waals surface area contributed by atoms with Crippen LogP contribution in [-0.4, -0.2) is 19.5 Å². The number of benzene rings is 3. The van der Waals surface area contributed by atoms with E-state index in [1.807, 2.05) is 71.3 Å². The highest BCUT2D eigenvalue weighted by Crippen LogP contribution is 2.31. The van der Waals surface area contributed by atoms with Gasteiger partial charge in [0.25, 0.3) is 0 Å². The predicted molar refractivity (Wildman–Crippen MR) is 133 cm³/mol. The van der Waals surface area contributed by atoms with Crippen molar-refractivity contribution < 1.29 is 0 Å². The molecule has 0 N–H and O–H groups in total. The number of hydrogen-bond donors (Lipinski definition) is 0. The molecule has 2 aliphatic heterocycles. The summed E-state index contributed by atoms with van der Waals surface area (Å²) in [6.07, 6.45) is 3.38. The van der Waals surface area contributed by atoms with Gasteiger partial charge in [-0.3, -0.25) is 0 Å². The molecule has 3 aromatic carbocycles. The third-order valence-corrected chi connectivity index (χ3v) is 6.25. The highest BCUT2D eigenvalue weighted by Gasteiger charge is 2.23. The molecule has 0 radical (unpaired) electrons. The molecule has 33 heavy (non-hydrogen) atoms. The molecule has 5 rings (SSSR count). The van der Waals surface area contributed by atoms with Gasteiger partial charge in [0.15, 0.2) is 17.3 Å². The largest absolute Gasteiger partial charge is 0.346 e. The van der Waals surface area contributed by atoms with Gasteiger partial charge in [-0.15, -0.1) is 0 Å². The summed E-state index contributed by atoms with van der Waals surface area (Å²) >= 11 is 12.9. The zero-order valence-corrected chi connectivity index (χ0v) is 19.3. The van der Waals surface area contributed by atoms with Crippen molar-refractivity contribution in [3.8, 4) is 11.5 Å². The van der Waals surface area contributed by atoms with Crippen LogP contribution in [0, 0.1) is 0 Å². The Morgan fingerprint density at radius 3 is 2.09 bits per heavy atom. The lowest BCUT2D eigenvalue weighted by Gasteiger charge is -2.26. The molecule has 0 saturated heterocycles. The zero-order valence-electron chi connectivity index (χ0n) is 17.8. The third-order valence-electron chi connectivity index (χ3n) is 5.52. The lowest BCUT2D eigenvalue weighted by molar-refractivity contribution is 0.732. The molecule has 0 atom stereocenters. The molecule has 3 aromatic rings. The predicted octanol–water partition coefficient (Wildman–Crippen LogP) is 6.34. The van der Waals surface area contributed by atoms with Crippen LogP contribution in [0.4, 0.5) is 5.82 Å². The average molecular weight is 474 g/mol. The van der Waals surface area contributed by atoms with E-state index in [2.05, 4.69) is 27.0 Å². The fourth-order valence-electron chi connectivity index (χ4n) is 3.87. The first-order valence-electron chi connectivity index (χ1n) is 10.6. The van der Waals surface area contributed by atoms with Crippen molar-refractivity contribution in [1.29, 1.82) is 0 Å². The van der Waals surface area contributed by atoms with Crippen molar-refractivity contribution in [3.05, 3.63) is 118 Å². The van der Waals surface area contributed by atoms with Crippen LogP contribution >= 0.6 is 23.2 Å². The Kier molecular flexibility index (Phi) is 6.24. The summed E-state index contributed by atoms with van der Waals surface area (Å²) < 4.78 is 1.98. The Balaban J connectivity index is 1.54. The van der Waals surface area contributed by atoms with Crippen LogP contribution < -0.4 is 4.90 Å². The van der Waals surface area contributed by atoms with Gasteiger partial charge in [0, 0.05) is 23.1 Å². The smallest absolute Gasteiger partial charge is 0.165 e. The SMILES string of the molecule is Clc1ccccc1CN(Cc1ccccc1)c1ncn(Cc2ccccc2Cl)c2ncnc1-2. The number of halogens is 2. The molecule has 0 aliphatic carbocycles. The van der Waals surface area contributed by atoms with Crippen molar-refractivity contribution in [2.24, 2.45) is 0 Å². The van der Waals surface area contributed by atoms with Crippen molar-refractivity contribution in [3.63, 3.8) is 0 Å². The minimum atomic E-state index is 0.561. The zero-order chi connectivity index (χ0) is 22.6. The second kappa shape index (κ2) is 9.61. The minimum absolute atomic E-state index is 0.561. The number of hydrogen-bond acceptors (Lipinski definition) is 4. The van der Waals surface area contributed by atoms with Gasteiger partial charge in [0.1, 0.15) is 6.33 Å². The van der Waals surface area contributed by atoms with E-state index in [1.165, 1.54) is 5.56 Å². The first kappa shape index (κ1) is 21.4. The molecule has 0 saturated carbocycles. The highest BCUT2D eigenvalue weighted by atomic mass is 35.5. The van der Waals surface area contributed by atoms with Gasteiger partial charge in [0.2, 0.25) is 0 Å². The van der Waals surface area contributed by atoms with Gasteiger partial charge in [-0.05, 0) is 28.8 Å². The molecule has 0 unspecified atom stereocenters. The second-order valence-corrected chi connectivity index (χ2v) is 8.58. The third kappa shape index (κ3) is 4.70. The molecule has 0 spiro atoms. The van der Waals surface area contributed by atoms with Gasteiger partial charge >= 0.3 is 0 Å². The monoisotopic (exact) mass is 473 g/mol. The van der Waals surface area contributed by atoms with Gasteiger partial charge in [-0.2, -0.15) is 0 Å². The minimum Gasteiger partial charge on any atom is -0.346 e. The molecule has 7 heteroatoms. The second-order valence-electron chi connectivity index (χ2n) is 7.77. The van der Waals surface area contributed by atoms with E-state index in [4.69, 9.17) is 28.2 Å². The number of nitrogens with zero attached hydrogens (tertiary/aromatic N) is 5. The van der Waals surface area contributed by atoms with Crippen LogP contribution in [0.5, 0.6) is 0 Å². The number of aromatic nitrogens is 4. The summed E-state index contributed by atoms with van der Waals surface area (Å²) in [4.78, 5) is 16.1. The van der Waals surface area contributed by atoms with E-state index in [9.17, 15) is 0 Å². The Morgan fingerprint density at radius 2 is 1.36 bits per heavy atom. The van der Waals surface area contributed by atoms with Crippen molar-refractivity contribution in [1.82, 2.24) is 19.5 Å². The molecule has 0 aromatic heterocycles. The molecule has 5 nitrogen and oxygen atoms in total. The Bertz CT molecular complexity index is 1340.